The number of hydrogen-bond donors (Lipinski definition) is 0. The van der Waals surface area contributed by atoms with Crippen molar-refractivity contribution < 1.29 is 23.9 Å². The molecule has 1 aromatic carbocycles. The predicted molar refractivity (Wildman–Crippen MR) is 153 cm³/mol. The second-order valence-electron chi connectivity index (χ2n) is 10.8. The average molecular weight is 545 g/mol. The van der Waals surface area contributed by atoms with Crippen molar-refractivity contribution in [2.24, 2.45) is 0 Å². The van der Waals surface area contributed by atoms with Gasteiger partial charge in [0.2, 0.25) is 0 Å². The Labute approximate surface area is 234 Å². The summed E-state index contributed by atoms with van der Waals surface area (Å²) in [5, 5.41) is 0. The molecule has 1 fully saturated rings. The van der Waals surface area contributed by atoms with Crippen LogP contribution in [0.25, 0.3) is 0 Å². The van der Waals surface area contributed by atoms with E-state index in [1.54, 1.807) is 27.7 Å². The third-order valence-corrected chi connectivity index (χ3v) is 6.95. The number of ether oxygens (including phenoxy) is 1. The number of benzene rings is 1. The smallest absolute Gasteiger partial charge is 0.147 e. The molecule has 9 nitrogen and oxygen atoms in total. The number of hydrogen-bond acceptors (Lipinski definition) is 9. The van der Waals surface area contributed by atoms with Crippen molar-refractivity contribution in [1.82, 2.24) is 19.6 Å². The third kappa shape index (κ3) is 13.0. The van der Waals surface area contributed by atoms with Crippen LogP contribution in [0.1, 0.15) is 46.6 Å². The Morgan fingerprint density at radius 3 is 1.46 bits per heavy atom. The molecule has 0 N–H and O–H groups in total. The van der Waals surface area contributed by atoms with E-state index < -0.39 is 0 Å². The Morgan fingerprint density at radius 2 is 1.10 bits per heavy atom. The molecular formula is C30H48N4O5. The van der Waals surface area contributed by atoms with Crippen molar-refractivity contribution in [1.29, 1.82) is 0 Å². The van der Waals surface area contributed by atoms with Gasteiger partial charge in [0.05, 0.1) is 32.3 Å². The molecule has 218 valence electrons. The number of Topliss-reactive ketones (excluding diaryl/α,β-unsaturated/α-hetero) is 4. The van der Waals surface area contributed by atoms with Crippen molar-refractivity contribution >= 4 is 23.1 Å². The largest absolute Gasteiger partial charge is 0.494 e. The molecule has 1 aliphatic heterocycles. The van der Waals surface area contributed by atoms with Crippen molar-refractivity contribution in [3.63, 3.8) is 0 Å². The zero-order valence-electron chi connectivity index (χ0n) is 24.6. The summed E-state index contributed by atoms with van der Waals surface area (Å²) in [5.41, 5.74) is 1.06. The second-order valence-corrected chi connectivity index (χ2v) is 10.8. The average Bonchev–Trinajstić information content (AvgIpc) is 2.86. The molecule has 0 aromatic heterocycles. The van der Waals surface area contributed by atoms with Crippen LogP contribution >= 0.6 is 0 Å². The van der Waals surface area contributed by atoms with Gasteiger partial charge in [0, 0.05) is 52.4 Å². The molecule has 0 saturated carbocycles. The van der Waals surface area contributed by atoms with E-state index in [2.05, 4.69) is 26.5 Å². The van der Waals surface area contributed by atoms with Crippen LogP contribution in [0, 0.1) is 0 Å². The Morgan fingerprint density at radius 1 is 0.692 bits per heavy atom. The number of carbonyl (C=O) groups is 4. The summed E-state index contributed by atoms with van der Waals surface area (Å²) in [4.78, 5) is 57.4. The van der Waals surface area contributed by atoms with E-state index in [-0.39, 0.29) is 29.2 Å². The summed E-state index contributed by atoms with van der Waals surface area (Å²) in [6.07, 6.45) is 1.52. The molecule has 1 saturated heterocycles. The third-order valence-electron chi connectivity index (χ3n) is 6.95. The summed E-state index contributed by atoms with van der Waals surface area (Å²) in [7, 11) is 0. The zero-order chi connectivity index (χ0) is 28.8. The topological polar surface area (TPSA) is 90.5 Å². The van der Waals surface area contributed by atoms with Gasteiger partial charge >= 0.3 is 0 Å². The Kier molecular flexibility index (Phi) is 14.5. The molecule has 1 aliphatic rings. The first-order valence-corrected chi connectivity index (χ1v) is 14.2. The number of ketones is 4. The van der Waals surface area contributed by atoms with Crippen LogP contribution in [-0.2, 0) is 25.6 Å². The van der Waals surface area contributed by atoms with Crippen LogP contribution in [0.2, 0.25) is 0 Å². The van der Waals surface area contributed by atoms with Crippen molar-refractivity contribution in [2.45, 2.75) is 53.5 Å². The van der Waals surface area contributed by atoms with Crippen LogP contribution in [-0.4, -0.2) is 127 Å². The van der Waals surface area contributed by atoms with Crippen LogP contribution < -0.4 is 4.74 Å². The van der Waals surface area contributed by atoms with Gasteiger partial charge in [0.1, 0.15) is 28.9 Å². The predicted octanol–water partition coefficient (Wildman–Crippen LogP) is 1.96. The quantitative estimate of drug-likeness (QED) is 0.370. The maximum atomic E-state index is 13.0. The van der Waals surface area contributed by atoms with E-state index in [1.165, 1.54) is 0 Å². The molecule has 1 unspecified atom stereocenters. The minimum atomic E-state index is -0.317. The highest BCUT2D eigenvalue weighted by Gasteiger charge is 2.26. The van der Waals surface area contributed by atoms with Gasteiger partial charge in [0.25, 0.3) is 0 Å². The molecule has 0 radical (unpaired) electrons. The van der Waals surface area contributed by atoms with Gasteiger partial charge in [-0.15, -0.1) is 0 Å². The van der Waals surface area contributed by atoms with E-state index in [9.17, 15) is 19.2 Å². The summed E-state index contributed by atoms with van der Waals surface area (Å²) >= 11 is 0. The SMILES string of the molecule is CCCOc1ccc(CC(C(C)=O)N2CCN(CC(C)=O)CCN(CC(C)=O)CCN(CC(C)=O)CC2)cc1. The number of carbonyl (C=O) groups excluding carboxylic acids is 4. The lowest BCUT2D eigenvalue weighted by Crippen LogP contribution is -2.51. The van der Waals surface area contributed by atoms with Crippen LogP contribution in [0.15, 0.2) is 24.3 Å². The van der Waals surface area contributed by atoms with Gasteiger partial charge < -0.3 is 4.74 Å². The highest BCUT2D eigenvalue weighted by molar-refractivity contribution is 5.82. The molecule has 1 atom stereocenters. The van der Waals surface area contributed by atoms with E-state index in [1.807, 2.05) is 24.3 Å². The molecular weight excluding hydrogens is 496 g/mol. The lowest BCUT2D eigenvalue weighted by Gasteiger charge is -2.36. The molecule has 2 rings (SSSR count). The van der Waals surface area contributed by atoms with Crippen LogP contribution in [0.4, 0.5) is 0 Å². The van der Waals surface area contributed by atoms with Crippen LogP contribution in [0.5, 0.6) is 5.75 Å². The molecule has 0 spiro atoms. The van der Waals surface area contributed by atoms with Gasteiger partial charge in [-0.25, -0.2) is 0 Å². The highest BCUT2D eigenvalue weighted by atomic mass is 16.5. The maximum Gasteiger partial charge on any atom is 0.147 e. The summed E-state index contributed by atoms with van der Waals surface area (Å²) in [6, 6.07) is 7.63. The van der Waals surface area contributed by atoms with Gasteiger partial charge in [0.15, 0.2) is 0 Å². The zero-order valence-corrected chi connectivity index (χ0v) is 24.6. The van der Waals surface area contributed by atoms with Crippen molar-refractivity contribution in [3.05, 3.63) is 29.8 Å². The molecule has 0 aliphatic carbocycles. The highest BCUT2D eigenvalue weighted by Crippen LogP contribution is 2.17. The molecule has 0 amide bonds. The molecule has 1 heterocycles. The van der Waals surface area contributed by atoms with Gasteiger partial charge in [-0.05, 0) is 58.2 Å². The lowest BCUT2D eigenvalue weighted by molar-refractivity contribution is -0.123. The normalized spacial score (nSPS) is 18.1. The Bertz CT molecular complexity index is 904. The minimum absolute atomic E-state index is 0.0906. The fourth-order valence-corrected chi connectivity index (χ4v) is 4.98. The molecule has 1 aromatic rings. The number of nitrogens with zero attached hydrogens (tertiary/aromatic N) is 4. The first-order chi connectivity index (χ1) is 18.6. The fraction of sp³-hybridized carbons (Fsp3) is 0.667. The Balaban J connectivity index is 2.26. The van der Waals surface area contributed by atoms with E-state index >= 15 is 0 Å². The minimum Gasteiger partial charge on any atom is -0.494 e. The second kappa shape index (κ2) is 17.3. The Hall–Kier alpha value is -2.46. The number of rotatable bonds is 13. The van der Waals surface area contributed by atoms with Crippen LogP contribution in [0.3, 0.4) is 0 Å². The van der Waals surface area contributed by atoms with Gasteiger partial charge in [-0.1, -0.05) is 19.1 Å². The first kappa shape index (κ1) is 32.8. The molecule has 39 heavy (non-hydrogen) atoms. The van der Waals surface area contributed by atoms with E-state index in [0.29, 0.717) is 85.0 Å². The standard InChI is InChI=1S/C30H48N4O5/c1-6-19-39-29-9-7-28(8-10-29)20-30(27(5)38)34-17-15-32(22-25(3)36)13-11-31(21-24(2)35)12-14-33(16-18-34)23-26(4)37/h7-10,30H,6,11-23H2,1-5H3. The summed E-state index contributed by atoms with van der Waals surface area (Å²) < 4.78 is 5.71. The van der Waals surface area contributed by atoms with Gasteiger partial charge in [-0.2, -0.15) is 0 Å². The molecule has 9 heteroatoms. The van der Waals surface area contributed by atoms with E-state index in [4.69, 9.17) is 4.74 Å². The molecule has 0 bridgehead atoms. The maximum absolute atomic E-state index is 13.0. The van der Waals surface area contributed by atoms with Crippen molar-refractivity contribution in [3.8, 4) is 5.75 Å². The summed E-state index contributed by atoms with van der Waals surface area (Å²) in [5.74, 6) is 1.20. The fourth-order valence-electron chi connectivity index (χ4n) is 4.98. The lowest BCUT2D eigenvalue weighted by atomic mass is 10.0. The van der Waals surface area contributed by atoms with Gasteiger partial charge in [-0.3, -0.25) is 38.8 Å². The summed E-state index contributed by atoms with van der Waals surface area (Å²) in [6.45, 7) is 15.3. The monoisotopic (exact) mass is 544 g/mol. The first-order valence-electron chi connectivity index (χ1n) is 14.2. The van der Waals surface area contributed by atoms with E-state index in [0.717, 1.165) is 17.7 Å². The van der Waals surface area contributed by atoms with Crippen molar-refractivity contribution in [2.75, 3.05) is 78.6 Å².